The summed E-state index contributed by atoms with van der Waals surface area (Å²) in [4.78, 5) is 12.0. The van der Waals surface area contributed by atoms with Crippen molar-refractivity contribution in [2.75, 3.05) is 0 Å². The van der Waals surface area contributed by atoms with E-state index in [9.17, 15) is 4.79 Å². The maximum Gasteiger partial charge on any atom is 0.267 e. The lowest BCUT2D eigenvalue weighted by atomic mass is 10.1. The molecule has 0 aliphatic heterocycles. The molecular weight excluding hydrogens is 328 g/mol. The largest absolute Gasteiger partial charge is 0.268 e. The molecule has 3 aromatic rings. The Labute approximate surface area is 131 Å². The van der Waals surface area contributed by atoms with Crippen LogP contribution in [0, 0.1) is 0 Å². The van der Waals surface area contributed by atoms with Gasteiger partial charge in [0.1, 0.15) is 0 Å². The van der Waals surface area contributed by atoms with Crippen molar-refractivity contribution in [3.05, 3.63) is 87.1 Å². The summed E-state index contributed by atoms with van der Waals surface area (Å²) in [5, 5.41) is 4.46. The average Bonchev–Trinajstić information content (AvgIpc) is 2.51. The van der Waals surface area contributed by atoms with Crippen LogP contribution in [0.4, 0.5) is 0 Å². The zero-order chi connectivity index (χ0) is 14.7. The molecule has 1 heterocycles. The molecule has 1 aromatic heterocycles. The van der Waals surface area contributed by atoms with E-state index in [0.717, 1.165) is 21.3 Å². The minimum absolute atomic E-state index is 0.0975. The second-order valence-electron chi connectivity index (χ2n) is 4.71. The number of aromatic nitrogens is 2. The molecule has 2 aromatic carbocycles. The molecule has 0 bridgehead atoms. The van der Waals surface area contributed by atoms with E-state index in [1.54, 1.807) is 12.1 Å². The molecule has 3 rings (SSSR count). The highest BCUT2D eigenvalue weighted by Gasteiger charge is 2.04. The zero-order valence-corrected chi connectivity index (χ0v) is 12.8. The van der Waals surface area contributed by atoms with Crippen LogP contribution in [-0.2, 0) is 6.54 Å². The van der Waals surface area contributed by atoms with Gasteiger partial charge < -0.3 is 0 Å². The van der Waals surface area contributed by atoms with Gasteiger partial charge in [0, 0.05) is 16.1 Å². The maximum atomic E-state index is 12.0. The Balaban J connectivity index is 1.96. The van der Waals surface area contributed by atoms with Gasteiger partial charge in [-0.05, 0) is 23.8 Å². The number of nitrogens with zero attached hydrogens (tertiary/aromatic N) is 2. The molecule has 3 nitrogen and oxygen atoms in total. The first-order chi connectivity index (χ1) is 10.2. The van der Waals surface area contributed by atoms with Gasteiger partial charge in [-0.15, -0.1) is 0 Å². The summed E-state index contributed by atoms with van der Waals surface area (Å²) in [6.07, 6.45) is 0. The van der Waals surface area contributed by atoms with Gasteiger partial charge >= 0.3 is 0 Å². The lowest BCUT2D eigenvalue weighted by molar-refractivity contribution is 0.643. The van der Waals surface area contributed by atoms with Crippen molar-refractivity contribution in [1.29, 1.82) is 0 Å². The summed E-state index contributed by atoms with van der Waals surface area (Å²) in [5.74, 6) is 0. The summed E-state index contributed by atoms with van der Waals surface area (Å²) in [5.41, 5.74) is 2.73. The molecule has 0 unspecified atom stereocenters. The standard InChI is InChI=1S/C17H13BrN2O/c18-15-8-6-14(7-9-15)16-10-11-17(21)20(19-16)12-13-4-2-1-3-5-13/h1-11H,12H2. The van der Waals surface area contributed by atoms with E-state index in [1.165, 1.54) is 4.68 Å². The average molecular weight is 341 g/mol. The van der Waals surface area contributed by atoms with Crippen molar-refractivity contribution in [3.63, 3.8) is 0 Å². The van der Waals surface area contributed by atoms with Gasteiger partial charge in [-0.25, -0.2) is 4.68 Å². The fourth-order valence-electron chi connectivity index (χ4n) is 2.09. The van der Waals surface area contributed by atoms with Gasteiger partial charge in [-0.2, -0.15) is 5.10 Å². The quantitative estimate of drug-likeness (QED) is 0.728. The summed E-state index contributed by atoms with van der Waals surface area (Å²) < 4.78 is 2.51. The molecule has 0 amide bonds. The van der Waals surface area contributed by atoms with E-state index in [-0.39, 0.29) is 5.56 Å². The minimum atomic E-state index is -0.0975. The van der Waals surface area contributed by atoms with Gasteiger partial charge in [0.05, 0.1) is 12.2 Å². The number of benzene rings is 2. The van der Waals surface area contributed by atoms with E-state index in [0.29, 0.717) is 6.54 Å². The first-order valence-corrected chi connectivity index (χ1v) is 7.40. The molecule has 0 spiro atoms. The predicted molar refractivity (Wildman–Crippen MR) is 87.2 cm³/mol. The lowest BCUT2D eigenvalue weighted by Crippen LogP contribution is -2.22. The third-order valence-corrected chi connectivity index (χ3v) is 3.71. The van der Waals surface area contributed by atoms with Crippen molar-refractivity contribution >= 4 is 15.9 Å². The second kappa shape index (κ2) is 6.06. The molecule has 104 valence electrons. The Morgan fingerprint density at radius 2 is 1.62 bits per heavy atom. The Kier molecular flexibility index (Phi) is 3.97. The first-order valence-electron chi connectivity index (χ1n) is 6.60. The molecule has 0 atom stereocenters. The summed E-state index contributed by atoms with van der Waals surface area (Å²) in [7, 11) is 0. The molecule has 4 heteroatoms. The molecule has 0 saturated carbocycles. The molecule has 21 heavy (non-hydrogen) atoms. The molecular formula is C17H13BrN2O. The van der Waals surface area contributed by atoms with Gasteiger partial charge in [0.25, 0.3) is 5.56 Å². The van der Waals surface area contributed by atoms with Crippen LogP contribution in [0.5, 0.6) is 0 Å². The van der Waals surface area contributed by atoms with Crippen LogP contribution in [0.15, 0.2) is 76.0 Å². The van der Waals surface area contributed by atoms with Crippen LogP contribution >= 0.6 is 15.9 Å². The molecule has 0 aliphatic rings. The van der Waals surface area contributed by atoms with Gasteiger partial charge in [-0.1, -0.05) is 58.4 Å². The van der Waals surface area contributed by atoms with Crippen molar-refractivity contribution < 1.29 is 0 Å². The first kappa shape index (κ1) is 13.8. The third kappa shape index (κ3) is 3.28. The van der Waals surface area contributed by atoms with E-state index >= 15 is 0 Å². The van der Waals surface area contributed by atoms with Gasteiger partial charge in [-0.3, -0.25) is 4.79 Å². The lowest BCUT2D eigenvalue weighted by Gasteiger charge is -2.07. The van der Waals surface area contributed by atoms with Crippen LogP contribution in [0.25, 0.3) is 11.3 Å². The monoisotopic (exact) mass is 340 g/mol. The van der Waals surface area contributed by atoms with Crippen molar-refractivity contribution in [2.45, 2.75) is 6.54 Å². The van der Waals surface area contributed by atoms with E-state index in [2.05, 4.69) is 21.0 Å². The fraction of sp³-hybridized carbons (Fsp3) is 0.0588. The van der Waals surface area contributed by atoms with Crippen molar-refractivity contribution in [1.82, 2.24) is 9.78 Å². The van der Waals surface area contributed by atoms with Crippen LogP contribution in [0.1, 0.15) is 5.56 Å². The van der Waals surface area contributed by atoms with Crippen LogP contribution < -0.4 is 5.56 Å². The van der Waals surface area contributed by atoms with Crippen LogP contribution in [0.3, 0.4) is 0 Å². The molecule has 0 fully saturated rings. The summed E-state index contributed by atoms with van der Waals surface area (Å²) >= 11 is 3.41. The highest BCUT2D eigenvalue weighted by molar-refractivity contribution is 9.10. The number of hydrogen-bond acceptors (Lipinski definition) is 2. The fourth-order valence-corrected chi connectivity index (χ4v) is 2.36. The Hall–Kier alpha value is -2.20. The number of rotatable bonds is 3. The highest BCUT2D eigenvalue weighted by atomic mass is 79.9. The maximum absolute atomic E-state index is 12.0. The van der Waals surface area contributed by atoms with E-state index < -0.39 is 0 Å². The Bertz CT molecular complexity index is 795. The highest BCUT2D eigenvalue weighted by Crippen LogP contribution is 2.18. The Morgan fingerprint density at radius 1 is 0.905 bits per heavy atom. The van der Waals surface area contributed by atoms with E-state index in [1.807, 2.05) is 54.6 Å². The Morgan fingerprint density at radius 3 is 2.33 bits per heavy atom. The zero-order valence-electron chi connectivity index (χ0n) is 11.2. The SMILES string of the molecule is O=c1ccc(-c2ccc(Br)cc2)nn1Cc1ccccc1. The normalized spacial score (nSPS) is 10.5. The predicted octanol–water partition coefficient (Wildman–Crippen LogP) is 3.72. The summed E-state index contributed by atoms with van der Waals surface area (Å²) in [6.45, 7) is 0.476. The van der Waals surface area contributed by atoms with Crippen LogP contribution in [0.2, 0.25) is 0 Å². The second-order valence-corrected chi connectivity index (χ2v) is 5.62. The molecule has 0 radical (unpaired) electrons. The molecule has 0 N–H and O–H groups in total. The number of hydrogen-bond donors (Lipinski definition) is 0. The topological polar surface area (TPSA) is 34.9 Å². The summed E-state index contributed by atoms with van der Waals surface area (Å²) in [6, 6.07) is 21.0. The minimum Gasteiger partial charge on any atom is -0.268 e. The smallest absolute Gasteiger partial charge is 0.267 e. The third-order valence-electron chi connectivity index (χ3n) is 3.18. The number of halogens is 1. The molecule has 0 saturated heterocycles. The molecule has 0 aliphatic carbocycles. The van der Waals surface area contributed by atoms with Crippen molar-refractivity contribution in [3.8, 4) is 11.3 Å². The van der Waals surface area contributed by atoms with E-state index in [4.69, 9.17) is 0 Å². The van der Waals surface area contributed by atoms with Crippen molar-refractivity contribution in [2.24, 2.45) is 0 Å². The van der Waals surface area contributed by atoms with Gasteiger partial charge in [0.2, 0.25) is 0 Å². The van der Waals surface area contributed by atoms with Crippen LogP contribution in [-0.4, -0.2) is 9.78 Å². The van der Waals surface area contributed by atoms with Gasteiger partial charge in [0.15, 0.2) is 0 Å².